The number of alkyl halides is 3. The van der Waals surface area contributed by atoms with Gasteiger partial charge in [0.05, 0.1) is 16.5 Å². The molecule has 3 aromatic carbocycles. The molecule has 10 nitrogen and oxygen atoms in total. The summed E-state index contributed by atoms with van der Waals surface area (Å²) in [6.45, 7) is 1.62. The van der Waals surface area contributed by atoms with E-state index < -0.39 is 47.5 Å². The van der Waals surface area contributed by atoms with Gasteiger partial charge in [-0.1, -0.05) is 12.0 Å². The number of phenolic OH excluding ortho intramolecular Hbond substituents is 1. The first-order valence-electron chi connectivity index (χ1n) is 18.6. The third-order valence-electron chi connectivity index (χ3n) is 12.5. The molecule has 5 fully saturated rings. The highest BCUT2D eigenvalue weighted by Gasteiger charge is 2.64. The fourth-order valence-corrected chi connectivity index (χ4v) is 9.96. The van der Waals surface area contributed by atoms with Gasteiger partial charge in [0.25, 0.3) is 5.92 Å². The lowest BCUT2D eigenvalue weighted by molar-refractivity contribution is -0.138. The number of aromatic nitrogens is 4. The molecule has 6 heterocycles. The molecule has 2 bridgehead atoms. The van der Waals surface area contributed by atoms with Crippen molar-refractivity contribution in [1.82, 2.24) is 29.5 Å². The lowest BCUT2D eigenvalue weighted by atomic mass is 9.91. The number of benzene rings is 3. The molecule has 5 aromatic rings. The summed E-state index contributed by atoms with van der Waals surface area (Å²) < 4.78 is 83.5. The summed E-state index contributed by atoms with van der Waals surface area (Å²) in [4.78, 5) is 28.5. The van der Waals surface area contributed by atoms with Crippen molar-refractivity contribution < 1.29 is 36.6 Å². The first-order valence-corrected chi connectivity index (χ1v) is 18.6. The van der Waals surface area contributed by atoms with Gasteiger partial charge < -0.3 is 19.6 Å². The maximum Gasteiger partial charge on any atom is 0.319 e. The summed E-state index contributed by atoms with van der Waals surface area (Å²) in [7, 11) is 1.67. The molecule has 0 spiro atoms. The molecule has 1 saturated carbocycles. The van der Waals surface area contributed by atoms with Crippen molar-refractivity contribution in [3.8, 4) is 35.2 Å². The molecule has 1 amide bonds. The van der Waals surface area contributed by atoms with Crippen LogP contribution in [0.3, 0.4) is 0 Å². The van der Waals surface area contributed by atoms with E-state index in [9.17, 15) is 23.1 Å². The molecule has 0 radical (unpaired) electrons. The molecule has 4 saturated heterocycles. The molecule has 1 aliphatic carbocycles. The monoisotopic (exact) mass is 757 g/mol. The zero-order valence-corrected chi connectivity index (χ0v) is 29.8. The van der Waals surface area contributed by atoms with Crippen LogP contribution in [0.5, 0.6) is 11.8 Å². The number of anilines is 1. The number of nitrogens with zero attached hydrogens (tertiary/aromatic N) is 7. The number of piperazine rings is 1. The number of carbonyl (C=O) groups excluding carboxylic acids is 1. The van der Waals surface area contributed by atoms with E-state index in [2.05, 4.69) is 20.9 Å². The predicted octanol–water partition coefficient (Wildman–Crippen LogP) is 6.09. The molecule has 1 N–H and O–H groups in total. The highest BCUT2D eigenvalue weighted by atomic mass is 19.3. The highest BCUT2D eigenvalue weighted by molar-refractivity contribution is 6.18. The Morgan fingerprint density at radius 3 is 2.56 bits per heavy atom. The van der Waals surface area contributed by atoms with Gasteiger partial charge in [-0.15, -0.1) is 6.42 Å². The van der Waals surface area contributed by atoms with Gasteiger partial charge in [-0.25, -0.2) is 22.0 Å². The minimum atomic E-state index is -2.99. The number of terminal acetylenes is 1. The first-order chi connectivity index (χ1) is 26.4. The van der Waals surface area contributed by atoms with E-state index >= 15 is 8.78 Å². The molecule has 4 aliphatic heterocycles. The van der Waals surface area contributed by atoms with Crippen molar-refractivity contribution in [1.29, 1.82) is 0 Å². The van der Waals surface area contributed by atoms with E-state index in [4.69, 9.17) is 16.1 Å². The van der Waals surface area contributed by atoms with Crippen LogP contribution >= 0.6 is 0 Å². The van der Waals surface area contributed by atoms with Crippen LogP contribution in [-0.2, 0) is 11.8 Å². The van der Waals surface area contributed by atoms with Crippen LogP contribution in [-0.4, -0.2) is 103 Å². The number of hydrogen-bond donors (Lipinski definition) is 1. The number of rotatable bonds is 6. The zero-order valence-electron chi connectivity index (χ0n) is 29.8. The average Bonchev–Trinajstić information content (AvgIpc) is 3.49. The van der Waals surface area contributed by atoms with Crippen LogP contribution in [0.25, 0.3) is 43.7 Å². The van der Waals surface area contributed by atoms with E-state index in [1.165, 1.54) is 28.9 Å². The summed E-state index contributed by atoms with van der Waals surface area (Å²) >= 11 is 0. The SMILES string of the molecule is C#Cc1c(F)ccc2cc(O)cc(-c3c(F)c4nc(OC[C@@]56CCCN5C[C@H](F)C6)nc(N5CC6CCC(C5)N6C(=O)C5CC5(F)F)c4c4cn(C)nc34)c12. The molecule has 55 heavy (non-hydrogen) atoms. The summed E-state index contributed by atoms with van der Waals surface area (Å²) in [6.07, 6.45) is 9.15. The lowest BCUT2D eigenvalue weighted by Crippen LogP contribution is -2.56. The van der Waals surface area contributed by atoms with Crippen molar-refractivity contribution in [2.75, 3.05) is 37.7 Å². The molecule has 284 valence electrons. The third kappa shape index (κ3) is 5.16. The first kappa shape index (κ1) is 34.3. The van der Waals surface area contributed by atoms with Gasteiger partial charge in [-0.05, 0) is 61.4 Å². The number of carbonyl (C=O) groups is 1. The largest absolute Gasteiger partial charge is 0.508 e. The summed E-state index contributed by atoms with van der Waals surface area (Å²) in [6, 6.07) is 4.50. The second kappa shape index (κ2) is 11.9. The Morgan fingerprint density at radius 2 is 1.84 bits per heavy atom. The maximum atomic E-state index is 17.7. The van der Waals surface area contributed by atoms with Crippen LogP contribution in [0.4, 0.5) is 27.8 Å². The minimum Gasteiger partial charge on any atom is -0.508 e. The number of ether oxygens (including phenoxy) is 1. The molecule has 5 aliphatic rings. The maximum absolute atomic E-state index is 17.7. The van der Waals surface area contributed by atoms with Gasteiger partial charge in [0.2, 0.25) is 5.91 Å². The summed E-state index contributed by atoms with van der Waals surface area (Å²) in [5.74, 6) is -3.88. The van der Waals surface area contributed by atoms with Crippen LogP contribution in [0.1, 0.15) is 44.1 Å². The Morgan fingerprint density at radius 1 is 1.07 bits per heavy atom. The molecule has 2 aromatic heterocycles. The van der Waals surface area contributed by atoms with Crippen molar-refractivity contribution in [3.63, 3.8) is 0 Å². The molecule has 10 rings (SSSR count). The topological polar surface area (TPSA) is 99.9 Å². The Bertz CT molecular complexity index is 2510. The highest BCUT2D eigenvalue weighted by Crippen LogP contribution is 2.52. The summed E-state index contributed by atoms with van der Waals surface area (Å²) in [5.41, 5.74) is -0.586. The van der Waals surface area contributed by atoms with Crippen molar-refractivity contribution in [3.05, 3.63) is 47.7 Å². The van der Waals surface area contributed by atoms with Crippen LogP contribution in [0.15, 0.2) is 30.5 Å². The molecule has 5 atom stereocenters. The minimum absolute atomic E-state index is 0.0702. The van der Waals surface area contributed by atoms with Crippen LogP contribution in [0.2, 0.25) is 0 Å². The summed E-state index contributed by atoms with van der Waals surface area (Å²) in [5, 5.41) is 16.8. The Balaban J connectivity index is 1.16. The van der Waals surface area contributed by atoms with Gasteiger partial charge in [0, 0.05) is 74.1 Å². The second-order valence-corrected chi connectivity index (χ2v) is 15.9. The van der Waals surface area contributed by atoms with Gasteiger partial charge in [-0.2, -0.15) is 15.1 Å². The van der Waals surface area contributed by atoms with Crippen molar-refractivity contribution >= 4 is 44.3 Å². The van der Waals surface area contributed by atoms with E-state index in [-0.39, 0.29) is 76.7 Å². The number of fused-ring (bicyclic) bond motifs is 7. The van der Waals surface area contributed by atoms with Crippen molar-refractivity contribution in [2.24, 2.45) is 13.0 Å². The Labute approximate surface area is 311 Å². The average molecular weight is 758 g/mol. The normalized spacial score (nSPS) is 27.0. The number of hydrogen-bond acceptors (Lipinski definition) is 8. The molecular formula is C40H36F5N7O3. The van der Waals surface area contributed by atoms with Crippen molar-refractivity contribution in [2.45, 2.75) is 68.2 Å². The van der Waals surface area contributed by atoms with E-state index in [1.807, 2.05) is 4.90 Å². The second-order valence-electron chi connectivity index (χ2n) is 15.9. The fraction of sp³-hybridized carbons (Fsp3) is 0.450. The van der Waals surface area contributed by atoms with E-state index in [0.29, 0.717) is 47.8 Å². The predicted molar refractivity (Wildman–Crippen MR) is 194 cm³/mol. The standard InChI is InChI=1S/C40H36F5N7O3/c1-3-25-29(42)8-5-20-11-24(53)12-26(30(20)25)31-33(43)35-32(27-18-49(2)48-34(27)31)36(47-38(46-35)55-19-39-9-4-10-51(39)15-21(41)13-39)50-16-22-6-7-23(17-50)52(22)37(54)28-14-40(28,44)45/h1,5,8,11-12,18,21-23,28,53H,4,6-7,9-10,13-17,19H2,2H3/t21-,22?,23?,28?,39+/m1/s1. The number of aryl methyl sites for hydroxylation is 1. The van der Waals surface area contributed by atoms with Gasteiger partial charge in [-0.3, -0.25) is 14.4 Å². The number of phenols is 1. The number of aromatic hydroxyl groups is 1. The molecule has 15 heteroatoms. The Kier molecular flexibility index (Phi) is 7.41. The van der Waals surface area contributed by atoms with Gasteiger partial charge in [0.1, 0.15) is 47.1 Å². The quantitative estimate of drug-likeness (QED) is 0.164. The third-order valence-corrected chi connectivity index (χ3v) is 12.5. The Hall–Kier alpha value is -5.23. The smallest absolute Gasteiger partial charge is 0.319 e. The zero-order chi connectivity index (χ0) is 38.1. The van der Waals surface area contributed by atoms with E-state index in [1.54, 1.807) is 18.1 Å². The van der Waals surface area contributed by atoms with E-state index in [0.717, 1.165) is 19.4 Å². The van der Waals surface area contributed by atoms with Gasteiger partial charge in [0.15, 0.2) is 5.82 Å². The van der Waals surface area contributed by atoms with Gasteiger partial charge >= 0.3 is 6.01 Å². The number of amides is 1. The van der Waals surface area contributed by atoms with Crippen LogP contribution < -0.4 is 9.64 Å². The van der Waals surface area contributed by atoms with Crippen LogP contribution in [0, 0.1) is 29.9 Å². The lowest BCUT2D eigenvalue weighted by Gasteiger charge is -2.42. The molecule has 3 unspecified atom stereocenters. The fourth-order valence-electron chi connectivity index (χ4n) is 9.96. The number of halogens is 5. The molecular weight excluding hydrogens is 721 g/mol.